The van der Waals surface area contributed by atoms with E-state index in [1.54, 1.807) is 7.05 Å². The highest BCUT2D eigenvalue weighted by Gasteiger charge is 2.24. The lowest BCUT2D eigenvalue weighted by Crippen LogP contribution is -2.45. The van der Waals surface area contributed by atoms with Crippen molar-refractivity contribution in [2.24, 2.45) is 5.10 Å². The number of alkyl halides is 3. The fourth-order valence-electron chi connectivity index (χ4n) is 1.83. The topological polar surface area (TPSA) is 107 Å². The first-order valence-corrected chi connectivity index (χ1v) is 7.44. The van der Waals surface area contributed by atoms with Gasteiger partial charge in [0.1, 0.15) is 5.69 Å². The molecule has 2 rings (SSSR count). The number of nitrogens with one attached hydrogen (secondary N) is 4. The van der Waals surface area contributed by atoms with Crippen molar-refractivity contribution in [1.29, 1.82) is 0 Å². The van der Waals surface area contributed by atoms with Gasteiger partial charge in [0, 0.05) is 7.05 Å². The maximum Gasteiger partial charge on any atom is 0.387 e. The number of amides is 2. The van der Waals surface area contributed by atoms with Gasteiger partial charge in [-0.3, -0.25) is 19.9 Å². The van der Waals surface area contributed by atoms with Gasteiger partial charge in [-0.05, 0) is 19.1 Å². The number of hydrazine groups is 2. The first-order valence-electron chi connectivity index (χ1n) is 7.06. The van der Waals surface area contributed by atoms with Gasteiger partial charge in [-0.1, -0.05) is 11.6 Å². The van der Waals surface area contributed by atoms with E-state index >= 15 is 0 Å². The lowest BCUT2D eigenvalue weighted by atomic mass is 10.1. The predicted octanol–water partition coefficient (Wildman–Crippen LogP) is 1.19. The molecule has 0 aromatic heterocycles. The molecule has 0 radical (unpaired) electrons. The minimum absolute atomic E-state index is 0.0990. The van der Waals surface area contributed by atoms with E-state index in [0.717, 1.165) is 19.1 Å². The number of hydrogen-bond acceptors (Lipinski definition) is 7. The Labute approximate surface area is 150 Å². The zero-order valence-corrected chi connectivity index (χ0v) is 14.2. The lowest BCUT2D eigenvalue weighted by Gasteiger charge is -2.17. The molecule has 0 spiro atoms. The van der Waals surface area contributed by atoms with E-state index in [2.05, 4.69) is 26.2 Å². The molecule has 4 N–H and O–H groups in total. The Morgan fingerprint density at radius 1 is 1.31 bits per heavy atom. The van der Waals surface area contributed by atoms with E-state index < -0.39 is 41.1 Å². The van der Waals surface area contributed by atoms with E-state index in [1.165, 1.54) is 5.01 Å². The van der Waals surface area contributed by atoms with Gasteiger partial charge < -0.3 is 10.1 Å². The van der Waals surface area contributed by atoms with Crippen molar-refractivity contribution < 1.29 is 27.5 Å². The first-order chi connectivity index (χ1) is 12.2. The second-order valence-electron chi connectivity index (χ2n) is 4.96. The number of benzene rings is 1. The number of carbonyl (C=O) groups excluding carboxylic acids is 2. The van der Waals surface area contributed by atoms with Gasteiger partial charge in [0.2, 0.25) is 5.96 Å². The summed E-state index contributed by atoms with van der Waals surface area (Å²) in [4.78, 5) is 23.9. The van der Waals surface area contributed by atoms with E-state index in [0.29, 0.717) is 0 Å². The molecule has 1 heterocycles. The second kappa shape index (κ2) is 8.10. The normalized spacial score (nSPS) is 14.6. The van der Waals surface area contributed by atoms with Gasteiger partial charge in [0.05, 0.1) is 10.6 Å². The van der Waals surface area contributed by atoms with Gasteiger partial charge in [-0.25, -0.2) is 9.93 Å². The number of hydrazone groups is 1. The molecule has 0 fully saturated rings. The van der Waals surface area contributed by atoms with Crippen LogP contribution in [-0.2, 0) is 4.79 Å². The van der Waals surface area contributed by atoms with Gasteiger partial charge >= 0.3 is 6.61 Å². The van der Waals surface area contributed by atoms with Crippen LogP contribution in [0.25, 0.3) is 0 Å². The summed E-state index contributed by atoms with van der Waals surface area (Å²) < 4.78 is 42.4. The second-order valence-corrected chi connectivity index (χ2v) is 5.33. The average molecular weight is 395 g/mol. The van der Waals surface area contributed by atoms with E-state index in [1.807, 2.05) is 5.32 Å². The third-order valence-electron chi connectivity index (χ3n) is 3.10. The summed E-state index contributed by atoms with van der Waals surface area (Å²) in [6, 6.07) is 2.11. The molecule has 0 saturated carbocycles. The summed E-state index contributed by atoms with van der Waals surface area (Å²) in [5.74, 6) is -2.31. The Balaban J connectivity index is 2.35. The first kappa shape index (κ1) is 19.6. The van der Waals surface area contributed by atoms with Crippen molar-refractivity contribution in [3.05, 3.63) is 22.7 Å². The fourth-order valence-corrected chi connectivity index (χ4v) is 2.12. The molecule has 0 aliphatic carbocycles. The molecule has 1 aliphatic heterocycles. The van der Waals surface area contributed by atoms with Gasteiger partial charge in [-0.2, -0.15) is 8.78 Å². The van der Waals surface area contributed by atoms with Crippen LogP contribution in [0.3, 0.4) is 0 Å². The highest BCUT2D eigenvalue weighted by atomic mass is 35.5. The van der Waals surface area contributed by atoms with Gasteiger partial charge in [0.15, 0.2) is 11.9 Å². The molecule has 1 unspecified atom stereocenters. The number of nitrogens with zero attached hydrogens (tertiary/aromatic N) is 2. The van der Waals surface area contributed by atoms with Crippen molar-refractivity contribution >= 4 is 35.1 Å². The molecule has 13 heteroatoms. The van der Waals surface area contributed by atoms with E-state index in [9.17, 15) is 22.8 Å². The molecule has 0 bridgehead atoms. The number of guanidine groups is 1. The van der Waals surface area contributed by atoms with Crippen LogP contribution in [0.4, 0.5) is 18.9 Å². The fraction of sp³-hybridized carbons (Fsp3) is 0.308. The number of rotatable bonds is 5. The minimum Gasteiger partial charge on any atom is -0.433 e. The molecule has 26 heavy (non-hydrogen) atoms. The summed E-state index contributed by atoms with van der Waals surface area (Å²) in [5, 5.41) is 9.09. The minimum atomic E-state index is -3.22. The number of ether oxygens (including phenoxy) is 1. The number of anilines is 1. The van der Waals surface area contributed by atoms with Crippen LogP contribution in [0, 0.1) is 0 Å². The van der Waals surface area contributed by atoms with Gasteiger partial charge in [-0.15, -0.1) is 10.6 Å². The Morgan fingerprint density at radius 2 is 2.00 bits per heavy atom. The highest BCUT2D eigenvalue weighted by molar-refractivity contribution is 6.37. The molecule has 1 aliphatic rings. The van der Waals surface area contributed by atoms with Crippen LogP contribution in [0.1, 0.15) is 17.3 Å². The molecule has 142 valence electrons. The van der Waals surface area contributed by atoms with Crippen LogP contribution < -0.4 is 26.4 Å². The van der Waals surface area contributed by atoms with Crippen LogP contribution in [0.2, 0.25) is 5.02 Å². The maximum absolute atomic E-state index is 13.1. The molecule has 0 saturated heterocycles. The monoisotopic (exact) mass is 394 g/mol. The van der Waals surface area contributed by atoms with Crippen molar-refractivity contribution in [2.75, 3.05) is 12.4 Å². The summed E-state index contributed by atoms with van der Waals surface area (Å²) in [7, 11) is 1.55. The Hall–Kier alpha value is -2.73. The van der Waals surface area contributed by atoms with Crippen molar-refractivity contribution in [1.82, 2.24) is 21.4 Å². The summed E-state index contributed by atoms with van der Waals surface area (Å²) in [6.07, 6.45) is -1.94. The van der Waals surface area contributed by atoms with E-state index in [-0.39, 0.29) is 11.5 Å². The van der Waals surface area contributed by atoms with E-state index in [4.69, 9.17) is 11.6 Å². The Bertz CT molecular complexity index is 746. The summed E-state index contributed by atoms with van der Waals surface area (Å²) in [6.45, 7) is -2.27. The van der Waals surface area contributed by atoms with Gasteiger partial charge in [0.25, 0.3) is 11.8 Å². The third kappa shape index (κ3) is 4.46. The molecule has 1 atom stereocenters. The van der Waals surface area contributed by atoms with Crippen molar-refractivity contribution in [3.8, 4) is 5.75 Å². The summed E-state index contributed by atoms with van der Waals surface area (Å²) in [5.41, 5.74) is 4.31. The summed E-state index contributed by atoms with van der Waals surface area (Å²) >= 11 is 6.06. The Kier molecular flexibility index (Phi) is 6.10. The third-order valence-corrected chi connectivity index (χ3v) is 3.49. The smallest absolute Gasteiger partial charge is 0.387 e. The standard InChI is InChI=1S/C13H14ClF3N6O3/c1-5(15)10(24)18-9-7(26-12(16)17)4-3-6(8(9)14)11(25)19-13-20-21-22-23(13)2/h3-5,12,21-22H,1-2H3,(H,18,24)(H,19,20,25). The van der Waals surface area contributed by atoms with Crippen LogP contribution in [0.5, 0.6) is 5.75 Å². The Morgan fingerprint density at radius 3 is 2.54 bits per heavy atom. The molecule has 2 amide bonds. The average Bonchev–Trinajstić information content (AvgIpc) is 2.95. The quantitative estimate of drug-likeness (QED) is 0.598. The molecule has 1 aromatic carbocycles. The SMILES string of the molecule is CC(F)C(=O)Nc1c(OC(F)F)ccc(C(=O)NC2=NNNN2C)c1Cl. The van der Waals surface area contributed by atoms with Crippen LogP contribution in [0.15, 0.2) is 17.2 Å². The number of carbonyl (C=O) groups is 2. The number of hydrogen-bond donors (Lipinski definition) is 4. The maximum atomic E-state index is 13.1. The molecular weight excluding hydrogens is 381 g/mol. The zero-order valence-electron chi connectivity index (χ0n) is 13.4. The number of halogens is 4. The van der Waals surface area contributed by atoms with Crippen molar-refractivity contribution in [3.63, 3.8) is 0 Å². The molecule has 1 aromatic rings. The molecule has 9 nitrogen and oxygen atoms in total. The highest BCUT2D eigenvalue weighted by Crippen LogP contribution is 2.36. The largest absolute Gasteiger partial charge is 0.433 e. The van der Waals surface area contributed by atoms with Crippen LogP contribution in [-0.4, -0.2) is 42.6 Å². The predicted molar refractivity (Wildman–Crippen MR) is 86.2 cm³/mol. The van der Waals surface area contributed by atoms with Crippen molar-refractivity contribution in [2.45, 2.75) is 19.7 Å². The lowest BCUT2D eigenvalue weighted by molar-refractivity contribution is -0.120. The zero-order chi connectivity index (χ0) is 19.4. The van der Waals surface area contributed by atoms with Crippen LogP contribution >= 0.6 is 11.6 Å². The molecular formula is C13H14ClF3N6O3.